The van der Waals surface area contributed by atoms with Crippen molar-refractivity contribution in [3.63, 3.8) is 0 Å². The standard InChI is InChI=1S/C18H14F3NO/c19-18(20,21)13-10-16(22-17(23)11-13)15-9-5-4-8-14(15)12-6-2-1-3-7-12/h1-9,11,16H,10H2,(H,22,23). The summed E-state index contributed by atoms with van der Waals surface area (Å²) in [7, 11) is 0. The largest absolute Gasteiger partial charge is 0.412 e. The highest BCUT2D eigenvalue weighted by atomic mass is 19.4. The Morgan fingerprint density at radius 2 is 1.61 bits per heavy atom. The summed E-state index contributed by atoms with van der Waals surface area (Å²) in [5.74, 6) is -0.712. The molecule has 0 radical (unpaired) electrons. The van der Waals surface area contributed by atoms with Gasteiger partial charge in [-0.15, -0.1) is 0 Å². The van der Waals surface area contributed by atoms with Gasteiger partial charge >= 0.3 is 6.18 Å². The number of rotatable bonds is 2. The van der Waals surface area contributed by atoms with E-state index in [4.69, 9.17) is 0 Å². The average molecular weight is 317 g/mol. The van der Waals surface area contributed by atoms with E-state index in [9.17, 15) is 18.0 Å². The Kier molecular flexibility index (Phi) is 3.94. The minimum atomic E-state index is -4.49. The molecule has 0 spiro atoms. The molecule has 118 valence electrons. The van der Waals surface area contributed by atoms with Gasteiger partial charge in [0.05, 0.1) is 6.04 Å². The van der Waals surface area contributed by atoms with Gasteiger partial charge in [0.2, 0.25) is 5.91 Å². The fourth-order valence-electron chi connectivity index (χ4n) is 2.77. The maximum atomic E-state index is 13.0. The number of carbonyl (C=O) groups is 1. The lowest BCUT2D eigenvalue weighted by atomic mass is 9.89. The lowest BCUT2D eigenvalue weighted by Gasteiger charge is -2.27. The van der Waals surface area contributed by atoms with Crippen molar-refractivity contribution >= 4 is 5.91 Å². The van der Waals surface area contributed by atoms with E-state index in [2.05, 4.69) is 5.32 Å². The van der Waals surface area contributed by atoms with Gasteiger partial charge in [0.25, 0.3) is 0 Å². The van der Waals surface area contributed by atoms with Gasteiger partial charge in [0, 0.05) is 18.1 Å². The van der Waals surface area contributed by atoms with Crippen LogP contribution in [0.15, 0.2) is 66.2 Å². The Morgan fingerprint density at radius 1 is 0.957 bits per heavy atom. The van der Waals surface area contributed by atoms with Crippen LogP contribution in [0.2, 0.25) is 0 Å². The number of hydrogen-bond donors (Lipinski definition) is 1. The molecular formula is C18H14F3NO. The van der Waals surface area contributed by atoms with Gasteiger partial charge in [-0.05, 0) is 16.7 Å². The zero-order valence-electron chi connectivity index (χ0n) is 12.1. The molecule has 2 nitrogen and oxygen atoms in total. The summed E-state index contributed by atoms with van der Waals surface area (Å²) in [4.78, 5) is 11.7. The second-order valence-electron chi connectivity index (χ2n) is 5.39. The second-order valence-corrected chi connectivity index (χ2v) is 5.39. The first-order valence-electron chi connectivity index (χ1n) is 7.18. The number of benzene rings is 2. The van der Waals surface area contributed by atoms with Crippen LogP contribution in [0.3, 0.4) is 0 Å². The van der Waals surface area contributed by atoms with Gasteiger partial charge in [0.15, 0.2) is 0 Å². The molecule has 3 rings (SSSR count). The Bertz CT molecular complexity index is 750. The zero-order valence-corrected chi connectivity index (χ0v) is 12.1. The van der Waals surface area contributed by atoms with E-state index in [0.29, 0.717) is 11.6 Å². The minimum Gasteiger partial charge on any atom is -0.345 e. The Labute approximate surface area is 131 Å². The summed E-state index contributed by atoms with van der Waals surface area (Å²) in [6.45, 7) is 0. The van der Waals surface area contributed by atoms with Crippen molar-refractivity contribution in [3.05, 3.63) is 71.8 Å². The number of carbonyl (C=O) groups excluding carboxylic acids is 1. The molecule has 0 aromatic heterocycles. The first-order valence-corrected chi connectivity index (χ1v) is 7.18. The van der Waals surface area contributed by atoms with Crippen LogP contribution < -0.4 is 5.32 Å². The van der Waals surface area contributed by atoms with Crippen molar-refractivity contribution in [2.45, 2.75) is 18.6 Å². The second kappa shape index (κ2) is 5.91. The summed E-state index contributed by atoms with van der Waals surface area (Å²) in [6, 6.07) is 15.9. The van der Waals surface area contributed by atoms with Crippen LogP contribution in [0.1, 0.15) is 18.0 Å². The highest BCUT2D eigenvalue weighted by Crippen LogP contribution is 2.38. The molecule has 0 bridgehead atoms. The highest BCUT2D eigenvalue weighted by molar-refractivity contribution is 5.90. The number of halogens is 3. The van der Waals surface area contributed by atoms with Crippen LogP contribution in [0, 0.1) is 0 Å². The third-order valence-corrected chi connectivity index (χ3v) is 3.83. The molecule has 1 aliphatic rings. The molecule has 2 aromatic carbocycles. The van der Waals surface area contributed by atoms with E-state index >= 15 is 0 Å². The molecular weight excluding hydrogens is 303 g/mol. The van der Waals surface area contributed by atoms with Crippen LogP contribution in [-0.2, 0) is 4.79 Å². The maximum absolute atomic E-state index is 13.0. The van der Waals surface area contributed by atoms with Crippen molar-refractivity contribution < 1.29 is 18.0 Å². The van der Waals surface area contributed by atoms with E-state index in [1.54, 1.807) is 12.1 Å². The van der Waals surface area contributed by atoms with Gasteiger partial charge in [-0.25, -0.2) is 0 Å². The average Bonchev–Trinajstić information content (AvgIpc) is 2.54. The SMILES string of the molecule is O=C1C=C(C(F)(F)F)CC(c2ccccc2-c2ccccc2)N1. The minimum absolute atomic E-state index is 0.265. The zero-order chi connectivity index (χ0) is 16.4. The first kappa shape index (κ1) is 15.3. The molecule has 1 unspecified atom stereocenters. The van der Waals surface area contributed by atoms with Gasteiger partial charge in [0.1, 0.15) is 0 Å². The van der Waals surface area contributed by atoms with Crippen LogP contribution in [0.5, 0.6) is 0 Å². The van der Waals surface area contributed by atoms with Gasteiger partial charge in [-0.1, -0.05) is 54.6 Å². The maximum Gasteiger partial charge on any atom is 0.412 e. The summed E-state index contributed by atoms with van der Waals surface area (Å²) in [5.41, 5.74) is 1.61. The lowest BCUT2D eigenvalue weighted by molar-refractivity contribution is -0.121. The van der Waals surface area contributed by atoms with E-state index in [-0.39, 0.29) is 6.42 Å². The van der Waals surface area contributed by atoms with Gasteiger partial charge < -0.3 is 5.32 Å². The van der Waals surface area contributed by atoms with Crippen molar-refractivity contribution in [3.8, 4) is 11.1 Å². The van der Waals surface area contributed by atoms with Gasteiger partial charge in [-0.3, -0.25) is 4.79 Å². The summed E-state index contributed by atoms with van der Waals surface area (Å²) >= 11 is 0. The first-order chi connectivity index (χ1) is 10.9. The van der Waals surface area contributed by atoms with Gasteiger partial charge in [-0.2, -0.15) is 13.2 Å². The summed E-state index contributed by atoms with van der Waals surface area (Å²) in [6.07, 6.45) is -4.11. The molecule has 2 aromatic rings. The normalized spacial score (nSPS) is 18.3. The lowest BCUT2D eigenvalue weighted by Crippen LogP contribution is -2.34. The number of alkyl halides is 3. The van der Waals surface area contributed by atoms with E-state index in [1.165, 1.54) is 0 Å². The monoisotopic (exact) mass is 317 g/mol. The number of nitrogens with one attached hydrogen (secondary N) is 1. The van der Waals surface area contributed by atoms with Crippen molar-refractivity contribution in [2.75, 3.05) is 0 Å². The summed E-state index contributed by atoms with van der Waals surface area (Å²) < 4.78 is 38.9. The predicted molar refractivity (Wildman–Crippen MR) is 81.5 cm³/mol. The Hall–Kier alpha value is -2.56. The molecule has 23 heavy (non-hydrogen) atoms. The van der Waals surface area contributed by atoms with Crippen LogP contribution >= 0.6 is 0 Å². The van der Waals surface area contributed by atoms with Crippen molar-refractivity contribution in [1.82, 2.24) is 5.32 Å². The van der Waals surface area contributed by atoms with Crippen molar-refractivity contribution in [2.24, 2.45) is 0 Å². The molecule has 0 fully saturated rings. The highest BCUT2D eigenvalue weighted by Gasteiger charge is 2.38. The van der Waals surface area contributed by atoms with E-state index < -0.39 is 23.7 Å². The smallest absolute Gasteiger partial charge is 0.345 e. The van der Waals surface area contributed by atoms with E-state index in [1.807, 2.05) is 42.5 Å². The fraction of sp³-hybridized carbons (Fsp3) is 0.167. The van der Waals surface area contributed by atoms with Crippen LogP contribution in [0.25, 0.3) is 11.1 Å². The van der Waals surface area contributed by atoms with E-state index in [0.717, 1.165) is 11.1 Å². The molecule has 1 heterocycles. The van der Waals surface area contributed by atoms with Crippen LogP contribution in [-0.4, -0.2) is 12.1 Å². The molecule has 0 aliphatic carbocycles. The van der Waals surface area contributed by atoms with Crippen molar-refractivity contribution in [1.29, 1.82) is 0 Å². The quantitative estimate of drug-likeness (QED) is 0.874. The molecule has 1 amide bonds. The topological polar surface area (TPSA) is 29.1 Å². The molecule has 1 N–H and O–H groups in total. The molecule has 0 saturated carbocycles. The summed E-state index contributed by atoms with van der Waals surface area (Å²) in [5, 5.41) is 2.63. The Morgan fingerprint density at radius 3 is 2.30 bits per heavy atom. The molecule has 5 heteroatoms. The predicted octanol–water partition coefficient (Wildman–Crippen LogP) is 4.40. The third-order valence-electron chi connectivity index (χ3n) is 3.83. The number of hydrogen-bond acceptors (Lipinski definition) is 1. The molecule has 0 saturated heterocycles. The molecule has 1 atom stereocenters. The fourth-order valence-corrected chi connectivity index (χ4v) is 2.77. The van der Waals surface area contributed by atoms with Crippen LogP contribution in [0.4, 0.5) is 13.2 Å². The molecule has 1 aliphatic heterocycles. The number of amides is 1. The Balaban J connectivity index is 2.01. The third kappa shape index (κ3) is 3.28.